The summed E-state index contributed by atoms with van der Waals surface area (Å²) in [6.45, 7) is 0. The molecule has 0 radical (unpaired) electrons. The van der Waals surface area contributed by atoms with Crippen molar-refractivity contribution in [2.75, 3.05) is 0 Å². The van der Waals surface area contributed by atoms with Crippen LogP contribution in [0.4, 0.5) is 0 Å². The molecule has 0 saturated heterocycles. The van der Waals surface area contributed by atoms with Crippen LogP contribution in [0.2, 0.25) is 0 Å². The first-order valence-corrected chi connectivity index (χ1v) is 7.63. The first kappa shape index (κ1) is 10.8. The van der Waals surface area contributed by atoms with Crippen molar-refractivity contribution >= 4 is 12.2 Å². The molecule has 0 bridgehead atoms. The molecular weight excluding hydrogens is 246 g/mol. The molecule has 3 aliphatic rings. The molecule has 5 rings (SSSR count). The van der Waals surface area contributed by atoms with Gasteiger partial charge in [0.25, 0.3) is 0 Å². The zero-order valence-corrected chi connectivity index (χ0v) is 11.5. The lowest BCUT2D eigenvalue weighted by molar-refractivity contribution is 0.560. The first-order chi connectivity index (χ1) is 9.92. The number of nitrogens with one attached hydrogen (secondary N) is 1. The topological polar surface area (TPSA) is 28.9 Å². The molecule has 0 unspecified atom stereocenters. The molecule has 100 valence electrons. The molecule has 2 heteroatoms. The highest BCUT2D eigenvalue weighted by atomic mass is 16.3. The summed E-state index contributed by atoms with van der Waals surface area (Å²) in [5, 5.41) is 0. The van der Waals surface area contributed by atoms with Crippen LogP contribution in [0, 0.1) is 0 Å². The Morgan fingerprint density at radius 1 is 0.850 bits per heavy atom. The van der Waals surface area contributed by atoms with E-state index >= 15 is 0 Å². The predicted molar refractivity (Wildman–Crippen MR) is 80.6 cm³/mol. The van der Waals surface area contributed by atoms with Gasteiger partial charge >= 0.3 is 0 Å². The van der Waals surface area contributed by atoms with Crippen LogP contribution in [-0.4, -0.2) is 4.98 Å². The van der Waals surface area contributed by atoms with Crippen molar-refractivity contribution in [1.82, 2.24) is 4.98 Å². The van der Waals surface area contributed by atoms with Crippen molar-refractivity contribution in [1.29, 1.82) is 0 Å². The standard InChI is InChI=1S/C18H17NO/c1-3-7-14-13(6-1)17-15(19-14)10-9-12-11-5-2-4-8-16(11)20-18(12)17/h1,4,6,8,19H,2-3,5,7,9-10H2. The minimum atomic E-state index is 1.10. The second kappa shape index (κ2) is 3.78. The normalized spacial score (nSPS) is 18.4. The van der Waals surface area contributed by atoms with Gasteiger partial charge in [-0.1, -0.05) is 18.2 Å². The fraction of sp³-hybridized carbons (Fsp3) is 0.333. The zero-order valence-electron chi connectivity index (χ0n) is 11.5. The Labute approximate surface area is 118 Å². The number of aryl methyl sites for hydroxylation is 2. The van der Waals surface area contributed by atoms with Gasteiger partial charge in [-0.3, -0.25) is 0 Å². The van der Waals surface area contributed by atoms with Gasteiger partial charge in [-0.15, -0.1) is 0 Å². The van der Waals surface area contributed by atoms with E-state index in [1.54, 1.807) is 0 Å². The lowest BCUT2D eigenvalue weighted by Gasteiger charge is -2.13. The molecule has 0 aliphatic heterocycles. The summed E-state index contributed by atoms with van der Waals surface area (Å²) >= 11 is 0. The van der Waals surface area contributed by atoms with Crippen LogP contribution in [-0.2, 0) is 25.7 Å². The zero-order chi connectivity index (χ0) is 13.1. The van der Waals surface area contributed by atoms with E-state index in [9.17, 15) is 0 Å². The molecule has 2 heterocycles. The number of hydrogen-bond acceptors (Lipinski definition) is 1. The van der Waals surface area contributed by atoms with E-state index in [0.29, 0.717) is 0 Å². The SMILES string of the molecule is C1=Cc2c([nH]c3c2-c2oc4c(c2CC3)CCC=C4)CC1. The molecule has 0 atom stereocenters. The molecule has 3 aliphatic carbocycles. The fourth-order valence-electron chi connectivity index (χ4n) is 3.94. The maximum atomic E-state index is 6.24. The van der Waals surface area contributed by atoms with Crippen LogP contribution in [0.15, 0.2) is 16.6 Å². The second-order valence-electron chi connectivity index (χ2n) is 6.01. The lowest BCUT2D eigenvalue weighted by atomic mass is 9.88. The van der Waals surface area contributed by atoms with Gasteiger partial charge in [0.2, 0.25) is 0 Å². The molecule has 0 amide bonds. The molecule has 2 aromatic heterocycles. The van der Waals surface area contributed by atoms with Gasteiger partial charge in [0.05, 0.1) is 0 Å². The van der Waals surface area contributed by atoms with Gasteiger partial charge in [0, 0.05) is 33.6 Å². The molecule has 0 fully saturated rings. The van der Waals surface area contributed by atoms with Crippen molar-refractivity contribution in [3.05, 3.63) is 46.0 Å². The Bertz CT molecular complexity index is 770. The van der Waals surface area contributed by atoms with Crippen molar-refractivity contribution in [2.24, 2.45) is 0 Å². The molecular formula is C18H17NO. The molecule has 1 N–H and O–H groups in total. The number of aromatic nitrogens is 1. The van der Waals surface area contributed by atoms with Crippen LogP contribution in [0.5, 0.6) is 0 Å². The Morgan fingerprint density at radius 2 is 1.75 bits per heavy atom. The number of hydrogen-bond donors (Lipinski definition) is 1. The minimum Gasteiger partial charge on any atom is -0.456 e. The maximum absolute atomic E-state index is 6.24. The predicted octanol–water partition coefficient (Wildman–Crippen LogP) is 4.29. The van der Waals surface area contributed by atoms with Crippen LogP contribution in [0.1, 0.15) is 46.7 Å². The van der Waals surface area contributed by atoms with Crippen LogP contribution < -0.4 is 0 Å². The van der Waals surface area contributed by atoms with Crippen molar-refractivity contribution < 1.29 is 4.42 Å². The van der Waals surface area contributed by atoms with E-state index in [4.69, 9.17) is 4.42 Å². The quantitative estimate of drug-likeness (QED) is 0.754. The van der Waals surface area contributed by atoms with E-state index in [2.05, 4.69) is 29.3 Å². The first-order valence-electron chi connectivity index (χ1n) is 7.63. The summed E-state index contributed by atoms with van der Waals surface area (Å²) < 4.78 is 6.24. The third-order valence-corrected chi connectivity index (χ3v) is 4.87. The van der Waals surface area contributed by atoms with Crippen LogP contribution >= 0.6 is 0 Å². The van der Waals surface area contributed by atoms with Crippen LogP contribution in [0.3, 0.4) is 0 Å². The van der Waals surface area contributed by atoms with E-state index in [1.165, 1.54) is 33.6 Å². The summed E-state index contributed by atoms with van der Waals surface area (Å²) in [6.07, 6.45) is 15.8. The third-order valence-electron chi connectivity index (χ3n) is 4.87. The second-order valence-corrected chi connectivity index (χ2v) is 6.01. The Morgan fingerprint density at radius 3 is 2.75 bits per heavy atom. The smallest absolute Gasteiger partial charge is 0.140 e. The maximum Gasteiger partial charge on any atom is 0.140 e. The summed E-state index contributed by atoms with van der Waals surface area (Å²) in [6, 6.07) is 0. The van der Waals surface area contributed by atoms with Gasteiger partial charge in [0.1, 0.15) is 11.5 Å². The van der Waals surface area contributed by atoms with Gasteiger partial charge in [0.15, 0.2) is 0 Å². The van der Waals surface area contributed by atoms with Crippen molar-refractivity contribution in [3.8, 4) is 11.3 Å². The highest BCUT2D eigenvalue weighted by molar-refractivity contribution is 5.82. The summed E-state index contributed by atoms with van der Waals surface area (Å²) in [7, 11) is 0. The molecule has 2 aromatic rings. The summed E-state index contributed by atoms with van der Waals surface area (Å²) in [5.74, 6) is 2.25. The third kappa shape index (κ3) is 1.29. The highest BCUT2D eigenvalue weighted by Crippen LogP contribution is 2.44. The fourth-order valence-corrected chi connectivity index (χ4v) is 3.94. The van der Waals surface area contributed by atoms with Gasteiger partial charge in [-0.05, 0) is 44.6 Å². The van der Waals surface area contributed by atoms with Crippen molar-refractivity contribution in [3.63, 3.8) is 0 Å². The van der Waals surface area contributed by atoms with Crippen LogP contribution in [0.25, 0.3) is 23.5 Å². The minimum absolute atomic E-state index is 1.10. The number of fused-ring (bicyclic) bond motifs is 7. The molecule has 20 heavy (non-hydrogen) atoms. The monoisotopic (exact) mass is 263 g/mol. The molecule has 0 spiro atoms. The van der Waals surface area contributed by atoms with E-state index in [0.717, 1.165) is 50.0 Å². The number of aromatic amines is 1. The van der Waals surface area contributed by atoms with Crippen molar-refractivity contribution in [2.45, 2.75) is 38.5 Å². The number of allylic oxidation sites excluding steroid dienone is 2. The van der Waals surface area contributed by atoms with Gasteiger partial charge in [-0.25, -0.2) is 0 Å². The van der Waals surface area contributed by atoms with E-state index in [1.807, 2.05) is 0 Å². The Balaban J connectivity index is 1.80. The van der Waals surface area contributed by atoms with Gasteiger partial charge in [-0.2, -0.15) is 0 Å². The highest BCUT2D eigenvalue weighted by Gasteiger charge is 2.30. The number of rotatable bonds is 0. The van der Waals surface area contributed by atoms with E-state index < -0.39 is 0 Å². The number of H-pyrrole nitrogens is 1. The molecule has 0 aromatic carbocycles. The average molecular weight is 263 g/mol. The molecule has 0 saturated carbocycles. The Hall–Kier alpha value is -1.96. The lowest BCUT2D eigenvalue weighted by Crippen LogP contribution is -2.04. The number of furan rings is 1. The Kier molecular flexibility index (Phi) is 2.04. The summed E-state index contributed by atoms with van der Waals surface area (Å²) in [4.78, 5) is 3.65. The van der Waals surface area contributed by atoms with E-state index in [-0.39, 0.29) is 0 Å². The molecule has 2 nitrogen and oxygen atoms in total. The average Bonchev–Trinajstić information content (AvgIpc) is 3.04. The largest absolute Gasteiger partial charge is 0.456 e. The van der Waals surface area contributed by atoms with Gasteiger partial charge < -0.3 is 9.40 Å². The summed E-state index contributed by atoms with van der Waals surface area (Å²) in [5.41, 5.74) is 8.43.